The maximum atomic E-state index is 10.6. The zero-order chi connectivity index (χ0) is 14.7. The monoisotopic (exact) mass is 285 g/mol. The highest BCUT2D eigenvalue weighted by molar-refractivity contribution is 5.83. The van der Waals surface area contributed by atoms with Gasteiger partial charge in [-0.2, -0.15) is 0 Å². The highest BCUT2D eigenvalue weighted by atomic mass is 16.5. The minimum atomic E-state index is -0.561. The summed E-state index contributed by atoms with van der Waals surface area (Å²) in [5.74, 6) is 0. The number of benzene rings is 2. The standard InChI is InChI=1S/C18H23NO2/c1-2-9-19-10-11-21-17(13-19)18(20)16-8-7-14-5-3-4-6-15(14)12-16/h3-8,12,17-18,20H,2,9-11,13H2,1H3. The van der Waals surface area contributed by atoms with Crippen LogP contribution >= 0.6 is 0 Å². The van der Waals surface area contributed by atoms with Gasteiger partial charge in [0.25, 0.3) is 0 Å². The van der Waals surface area contributed by atoms with Crippen molar-refractivity contribution < 1.29 is 9.84 Å². The molecule has 3 rings (SSSR count). The van der Waals surface area contributed by atoms with Crippen LogP contribution in [0.2, 0.25) is 0 Å². The van der Waals surface area contributed by atoms with Gasteiger partial charge in [0.1, 0.15) is 12.2 Å². The number of fused-ring (bicyclic) bond motifs is 1. The molecule has 2 aromatic carbocycles. The molecule has 1 heterocycles. The van der Waals surface area contributed by atoms with Crippen LogP contribution in [-0.2, 0) is 4.74 Å². The Morgan fingerprint density at radius 1 is 1.24 bits per heavy atom. The molecule has 0 aromatic heterocycles. The summed E-state index contributed by atoms with van der Waals surface area (Å²) in [6, 6.07) is 14.4. The van der Waals surface area contributed by atoms with Gasteiger partial charge in [-0.3, -0.25) is 4.90 Å². The van der Waals surface area contributed by atoms with E-state index in [9.17, 15) is 5.11 Å². The van der Waals surface area contributed by atoms with Gasteiger partial charge in [0.2, 0.25) is 0 Å². The summed E-state index contributed by atoms with van der Waals surface area (Å²) in [5, 5.41) is 13.0. The molecule has 1 aliphatic heterocycles. The summed E-state index contributed by atoms with van der Waals surface area (Å²) >= 11 is 0. The second-order valence-electron chi connectivity index (χ2n) is 5.76. The molecular weight excluding hydrogens is 262 g/mol. The Morgan fingerprint density at radius 3 is 2.86 bits per heavy atom. The molecule has 3 heteroatoms. The molecule has 1 saturated heterocycles. The Bertz CT molecular complexity index is 597. The van der Waals surface area contributed by atoms with Crippen molar-refractivity contribution in [1.82, 2.24) is 4.90 Å². The maximum absolute atomic E-state index is 10.6. The fraction of sp³-hybridized carbons (Fsp3) is 0.444. The summed E-state index contributed by atoms with van der Waals surface area (Å²) in [7, 11) is 0. The van der Waals surface area contributed by atoms with Crippen LogP contribution in [0.15, 0.2) is 42.5 Å². The van der Waals surface area contributed by atoms with Gasteiger partial charge in [-0.05, 0) is 35.4 Å². The van der Waals surface area contributed by atoms with E-state index >= 15 is 0 Å². The molecule has 2 aromatic rings. The maximum Gasteiger partial charge on any atom is 0.106 e. The molecule has 1 aliphatic rings. The fourth-order valence-corrected chi connectivity index (χ4v) is 3.05. The third kappa shape index (κ3) is 3.26. The van der Waals surface area contributed by atoms with E-state index in [1.54, 1.807) is 0 Å². The SMILES string of the molecule is CCCN1CCOC(C(O)c2ccc3ccccc3c2)C1. The first-order valence-corrected chi connectivity index (χ1v) is 7.78. The van der Waals surface area contributed by atoms with Gasteiger partial charge in [-0.1, -0.05) is 43.3 Å². The van der Waals surface area contributed by atoms with Gasteiger partial charge in [0.05, 0.1) is 6.61 Å². The first-order chi connectivity index (χ1) is 10.3. The molecule has 2 unspecified atom stereocenters. The summed E-state index contributed by atoms with van der Waals surface area (Å²) in [6.45, 7) is 5.74. The van der Waals surface area contributed by atoms with E-state index in [0.717, 1.165) is 37.0 Å². The van der Waals surface area contributed by atoms with Gasteiger partial charge in [-0.25, -0.2) is 0 Å². The van der Waals surface area contributed by atoms with Gasteiger partial charge < -0.3 is 9.84 Å². The molecule has 0 bridgehead atoms. The Balaban J connectivity index is 1.77. The predicted octanol–water partition coefficient (Wildman–Crippen LogP) is 2.98. The summed E-state index contributed by atoms with van der Waals surface area (Å²) in [6.07, 6.45) is 0.444. The topological polar surface area (TPSA) is 32.7 Å². The van der Waals surface area contributed by atoms with Crippen molar-refractivity contribution in [3.8, 4) is 0 Å². The largest absolute Gasteiger partial charge is 0.386 e. The van der Waals surface area contributed by atoms with Crippen molar-refractivity contribution in [3.63, 3.8) is 0 Å². The van der Waals surface area contributed by atoms with Crippen LogP contribution in [0.5, 0.6) is 0 Å². The lowest BCUT2D eigenvalue weighted by molar-refractivity contribution is -0.0898. The van der Waals surface area contributed by atoms with Crippen molar-refractivity contribution in [2.45, 2.75) is 25.6 Å². The lowest BCUT2D eigenvalue weighted by atomic mass is 9.99. The third-order valence-corrected chi connectivity index (χ3v) is 4.18. The summed E-state index contributed by atoms with van der Waals surface area (Å²) in [5.41, 5.74) is 0.942. The van der Waals surface area contributed by atoms with E-state index in [0.29, 0.717) is 6.61 Å². The number of rotatable bonds is 4. The average molecular weight is 285 g/mol. The van der Waals surface area contributed by atoms with Gasteiger partial charge >= 0.3 is 0 Å². The minimum absolute atomic E-state index is 0.133. The van der Waals surface area contributed by atoms with Gasteiger partial charge in [0, 0.05) is 13.1 Å². The highest BCUT2D eigenvalue weighted by Gasteiger charge is 2.27. The molecule has 1 fully saturated rings. The zero-order valence-electron chi connectivity index (χ0n) is 12.5. The van der Waals surface area contributed by atoms with Crippen molar-refractivity contribution in [3.05, 3.63) is 48.0 Å². The molecule has 0 amide bonds. The van der Waals surface area contributed by atoms with E-state index < -0.39 is 6.10 Å². The zero-order valence-corrected chi connectivity index (χ0v) is 12.5. The van der Waals surface area contributed by atoms with Crippen LogP contribution in [0.25, 0.3) is 10.8 Å². The first kappa shape index (κ1) is 14.5. The van der Waals surface area contributed by atoms with Crippen LogP contribution in [0.4, 0.5) is 0 Å². The molecule has 0 saturated carbocycles. The van der Waals surface area contributed by atoms with Crippen LogP contribution in [-0.4, -0.2) is 42.4 Å². The van der Waals surface area contributed by atoms with E-state index in [4.69, 9.17) is 4.74 Å². The number of hydrogen-bond acceptors (Lipinski definition) is 3. The van der Waals surface area contributed by atoms with Crippen LogP contribution < -0.4 is 0 Å². The Hall–Kier alpha value is -1.42. The van der Waals surface area contributed by atoms with Crippen LogP contribution in [0, 0.1) is 0 Å². The molecule has 0 radical (unpaired) electrons. The van der Waals surface area contributed by atoms with E-state index in [1.165, 1.54) is 5.39 Å². The number of morpholine rings is 1. The summed E-state index contributed by atoms with van der Waals surface area (Å²) in [4.78, 5) is 2.37. The van der Waals surface area contributed by atoms with Crippen LogP contribution in [0.3, 0.4) is 0 Å². The van der Waals surface area contributed by atoms with Crippen LogP contribution in [0.1, 0.15) is 25.0 Å². The Kier molecular flexibility index (Phi) is 4.54. The van der Waals surface area contributed by atoms with Gasteiger partial charge in [0.15, 0.2) is 0 Å². The molecule has 3 nitrogen and oxygen atoms in total. The lowest BCUT2D eigenvalue weighted by Crippen LogP contribution is -2.45. The molecular formula is C18H23NO2. The Labute approximate surface area is 126 Å². The number of nitrogens with zero attached hydrogens (tertiary/aromatic N) is 1. The second kappa shape index (κ2) is 6.56. The quantitative estimate of drug-likeness (QED) is 0.937. The van der Waals surface area contributed by atoms with E-state index in [1.807, 2.05) is 18.2 Å². The molecule has 21 heavy (non-hydrogen) atoms. The average Bonchev–Trinajstić information content (AvgIpc) is 2.54. The molecule has 2 atom stereocenters. The molecule has 1 N–H and O–H groups in total. The smallest absolute Gasteiger partial charge is 0.106 e. The van der Waals surface area contributed by atoms with Crippen molar-refractivity contribution in [2.75, 3.05) is 26.2 Å². The van der Waals surface area contributed by atoms with E-state index in [-0.39, 0.29) is 6.10 Å². The van der Waals surface area contributed by atoms with Crippen molar-refractivity contribution in [2.24, 2.45) is 0 Å². The number of hydrogen-bond donors (Lipinski definition) is 1. The predicted molar refractivity (Wildman–Crippen MR) is 85.4 cm³/mol. The number of aliphatic hydroxyl groups is 1. The molecule has 112 valence electrons. The van der Waals surface area contributed by atoms with Gasteiger partial charge in [-0.15, -0.1) is 0 Å². The second-order valence-corrected chi connectivity index (χ2v) is 5.76. The lowest BCUT2D eigenvalue weighted by Gasteiger charge is -2.35. The molecule has 0 spiro atoms. The van der Waals surface area contributed by atoms with Crippen molar-refractivity contribution >= 4 is 10.8 Å². The number of ether oxygens (including phenoxy) is 1. The number of aliphatic hydroxyl groups excluding tert-OH is 1. The summed E-state index contributed by atoms with van der Waals surface area (Å²) < 4.78 is 5.79. The molecule has 0 aliphatic carbocycles. The van der Waals surface area contributed by atoms with E-state index in [2.05, 4.69) is 36.1 Å². The first-order valence-electron chi connectivity index (χ1n) is 7.78. The fourth-order valence-electron chi connectivity index (χ4n) is 3.05. The third-order valence-electron chi connectivity index (χ3n) is 4.18. The highest BCUT2D eigenvalue weighted by Crippen LogP contribution is 2.25. The normalized spacial score (nSPS) is 21.5. The van der Waals surface area contributed by atoms with Crippen molar-refractivity contribution in [1.29, 1.82) is 0 Å². The Morgan fingerprint density at radius 2 is 2.05 bits per heavy atom. The minimum Gasteiger partial charge on any atom is -0.386 e.